The Labute approximate surface area is 115 Å². The van der Waals surface area contributed by atoms with Gasteiger partial charge in [0, 0.05) is 17.9 Å². The van der Waals surface area contributed by atoms with Gasteiger partial charge in [-0.15, -0.1) is 0 Å². The van der Waals surface area contributed by atoms with Crippen LogP contribution in [0.15, 0.2) is 48.5 Å². The molecule has 0 bridgehead atoms. The maximum absolute atomic E-state index is 5.56. The molecule has 0 radical (unpaired) electrons. The Morgan fingerprint density at radius 3 is 2.11 bits per heavy atom. The second-order valence-electron chi connectivity index (χ2n) is 4.37. The molecule has 19 heavy (non-hydrogen) atoms. The lowest BCUT2D eigenvalue weighted by Crippen LogP contribution is -2.04. The molecule has 0 heterocycles. The summed E-state index contributed by atoms with van der Waals surface area (Å²) in [5.74, 6) is 0. The van der Waals surface area contributed by atoms with Gasteiger partial charge in [-0.25, -0.2) is 0 Å². The quantitative estimate of drug-likeness (QED) is 0.741. The molecule has 0 fully saturated rings. The molecule has 0 aliphatic rings. The van der Waals surface area contributed by atoms with Crippen LogP contribution in [0.3, 0.4) is 0 Å². The average Bonchev–Trinajstić information content (AvgIpc) is 2.41. The third-order valence-electron chi connectivity index (χ3n) is 2.72. The summed E-state index contributed by atoms with van der Waals surface area (Å²) >= 11 is 0. The molecule has 2 rings (SSSR count). The van der Waals surface area contributed by atoms with Crippen LogP contribution in [0.1, 0.15) is 18.1 Å². The van der Waals surface area contributed by atoms with E-state index in [-0.39, 0.29) is 0 Å². The van der Waals surface area contributed by atoms with E-state index in [0.717, 1.165) is 24.3 Å². The summed E-state index contributed by atoms with van der Waals surface area (Å²) in [6, 6.07) is 15.8. The van der Waals surface area contributed by atoms with Gasteiger partial charge in [-0.3, -0.25) is 0 Å². The van der Waals surface area contributed by atoms with Gasteiger partial charge in [-0.1, -0.05) is 31.2 Å². The summed E-state index contributed by atoms with van der Waals surface area (Å²) in [5.41, 5.74) is 15.3. The number of anilines is 2. The largest absolute Gasteiger partial charge is 0.399 e. The van der Waals surface area contributed by atoms with E-state index in [0.29, 0.717) is 0 Å². The molecule has 0 amide bonds. The van der Waals surface area contributed by atoms with Gasteiger partial charge in [0.25, 0.3) is 0 Å². The second-order valence-corrected chi connectivity index (χ2v) is 4.37. The molecule has 0 saturated carbocycles. The Hall–Kier alpha value is -2.00. The van der Waals surface area contributed by atoms with Crippen LogP contribution in [0.2, 0.25) is 0 Å². The Balaban J connectivity index is 0.000000191. The minimum Gasteiger partial charge on any atom is -0.399 e. The Kier molecular flexibility index (Phi) is 6.47. The van der Waals surface area contributed by atoms with Gasteiger partial charge < -0.3 is 16.8 Å². The molecule has 2 aromatic rings. The van der Waals surface area contributed by atoms with Crippen LogP contribution < -0.4 is 16.8 Å². The summed E-state index contributed by atoms with van der Waals surface area (Å²) in [5, 5.41) is 3.06. The highest BCUT2D eigenvalue weighted by Gasteiger charge is 1.88. The predicted octanol–water partition coefficient (Wildman–Crippen LogP) is 2.82. The number of nitrogens with one attached hydrogen (secondary N) is 1. The van der Waals surface area contributed by atoms with Crippen molar-refractivity contribution in [3.63, 3.8) is 0 Å². The zero-order valence-corrected chi connectivity index (χ0v) is 11.7. The molecule has 0 atom stereocenters. The van der Waals surface area contributed by atoms with Crippen molar-refractivity contribution in [3.05, 3.63) is 59.7 Å². The standard InChI is InChI=1S/C8H12N2.C8H11N/c1-10-6-7-3-2-4-8(9)5-7;1-2-7-3-5-8(9)6-4-7/h2-5,10H,6,9H2,1H3;3-6H,2,9H2,1H3. The van der Waals surface area contributed by atoms with Crippen LogP contribution in [0.4, 0.5) is 11.4 Å². The molecule has 0 spiro atoms. The van der Waals surface area contributed by atoms with Crippen molar-refractivity contribution in [2.75, 3.05) is 18.5 Å². The summed E-state index contributed by atoms with van der Waals surface area (Å²) in [4.78, 5) is 0. The third kappa shape index (κ3) is 5.93. The van der Waals surface area contributed by atoms with E-state index in [4.69, 9.17) is 11.5 Å². The number of hydrogen-bond donors (Lipinski definition) is 3. The summed E-state index contributed by atoms with van der Waals surface area (Å²) in [7, 11) is 1.92. The number of nitrogen functional groups attached to an aromatic ring is 2. The molecular formula is C16H23N3. The number of hydrogen-bond acceptors (Lipinski definition) is 3. The number of aryl methyl sites for hydroxylation is 1. The maximum Gasteiger partial charge on any atom is 0.0317 e. The van der Waals surface area contributed by atoms with E-state index in [1.54, 1.807) is 0 Å². The fourth-order valence-electron chi connectivity index (χ4n) is 1.66. The fraction of sp³-hybridized carbons (Fsp3) is 0.250. The third-order valence-corrected chi connectivity index (χ3v) is 2.72. The minimum absolute atomic E-state index is 0.827. The second kappa shape index (κ2) is 8.16. The minimum atomic E-state index is 0.827. The highest BCUT2D eigenvalue weighted by atomic mass is 14.8. The van der Waals surface area contributed by atoms with Crippen LogP contribution in [0, 0.1) is 0 Å². The lowest BCUT2D eigenvalue weighted by molar-refractivity contribution is 0.818. The number of rotatable bonds is 3. The van der Waals surface area contributed by atoms with Crippen LogP contribution in [-0.2, 0) is 13.0 Å². The highest BCUT2D eigenvalue weighted by Crippen LogP contribution is 2.05. The molecular weight excluding hydrogens is 234 g/mol. The predicted molar refractivity (Wildman–Crippen MR) is 83.9 cm³/mol. The fourth-order valence-corrected chi connectivity index (χ4v) is 1.66. The van der Waals surface area contributed by atoms with Gasteiger partial charge in [0.15, 0.2) is 0 Å². The first-order valence-corrected chi connectivity index (χ1v) is 6.49. The molecule has 3 heteroatoms. The molecule has 102 valence electrons. The van der Waals surface area contributed by atoms with Gasteiger partial charge >= 0.3 is 0 Å². The first-order chi connectivity index (χ1) is 9.15. The van der Waals surface area contributed by atoms with E-state index in [1.165, 1.54) is 11.1 Å². The molecule has 0 saturated heterocycles. The molecule has 3 nitrogen and oxygen atoms in total. The van der Waals surface area contributed by atoms with Crippen molar-refractivity contribution in [3.8, 4) is 0 Å². The molecule has 0 unspecified atom stereocenters. The van der Waals surface area contributed by atoms with Crippen molar-refractivity contribution >= 4 is 11.4 Å². The van der Waals surface area contributed by atoms with E-state index in [2.05, 4.69) is 24.4 Å². The SMILES string of the molecule is CCc1ccc(N)cc1.CNCc1cccc(N)c1. The van der Waals surface area contributed by atoms with E-state index in [9.17, 15) is 0 Å². The molecule has 0 aliphatic carbocycles. The lowest BCUT2D eigenvalue weighted by Gasteiger charge is -1.99. The van der Waals surface area contributed by atoms with Gasteiger partial charge in [0.05, 0.1) is 0 Å². The van der Waals surface area contributed by atoms with E-state index in [1.807, 2.05) is 43.4 Å². The zero-order chi connectivity index (χ0) is 14.1. The van der Waals surface area contributed by atoms with Crippen molar-refractivity contribution in [2.45, 2.75) is 19.9 Å². The summed E-state index contributed by atoms with van der Waals surface area (Å²) in [6.07, 6.45) is 1.08. The molecule has 5 N–H and O–H groups in total. The van der Waals surface area contributed by atoms with Crippen molar-refractivity contribution < 1.29 is 0 Å². The van der Waals surface area contributed by atoms with E-state index >= 15 is 0 Å². The smallest absolute Gasteiger partial charge is 0.0317 e. The van der Waals surface area contributed by atoms with Crippen molar-refractivity contribution in [1.82, 2.24) is 5.32 Å². The van der Waals surface area contributed by atoms with Crippen LogP contribution in [0.25, 0.3) is 0 Å². The average molecular weight is 257 g/mol. The monoisotopic (exact) mass is 257 g/mol. The summed E-state index contributed by atoms with van der Waals surface area (Å²) in [6.45, 7) is 3.01. The van der Waals surface area contributed by atoms with Crippen molar-refractivity contribution in [2.24, 2.45) is 0 Å². The van der Waals surface area contributed by atoms with Gasteiger partial charge in [0.1, 0.15) is 0 Å². The Bertz CT molecular complexity index is 478. The van der Waals surface area contributed by atoms with Crippen molar-refractivity contribution in [1.29, 1.82) is 0 Å². The first kappa shape index (κ1) is 15.1. The molecule has 2 aromatic carbocycles. The normalized spacial score (nSPS) is 9.58. The maximum atomic E-state index is 5.56. The van der Waals surface area contributed by atoms with Gasteiger partial charge in [-0.05, 0) is 48.9 Å². The van der Waals surface area contributed by atoms with Crippen LogP contribution >= 0.6 is 0 Å². The van der Waals surface area contributed by atoms with E-state index < -0.39 is 0 Å². The number of nitrogens with two attached hydrogens (primary N) is 2. The first-order valence-electron chi connectivity index (χ1n) is 6.49. The van der Waals surface area contributed by atoms with Crippen LogP contribution in [0.5, 0.6) is 0 Å². The van der Waals surface area contributed by atoms with Crippen LogP contribution in [-0.4, -0.2) is 7.05 Å². The number of benzene rings is 2. The lowest BCUT2D eigenvalue weighted by atomic mass is 10.2. The van der Waals surface area contributed by atoms with Gasteiger partial charge in [-0.2, -0.15) is 0 Å². The topological polar surface area (TPSA) is 64.1 Å². The molecule has 0 aromatic heterocycles. The summed E-state index contributed by atoms with van der Waals surface area (Å²) < 4.78 is 0. The Morgan fingerprint density at radius 1 is 0.895 bits per heavy atom. The molecule has 0 aliphatic heterocycles. The van der Waals surface area contributed by atoms with Gasteiger partial charge in [0.2, 0.25) is 0 Å². The Morgan fingerprint density at radius 2 is 1.58 bits per heavy atom. The zero-order valence-electron chi connectivity index (χ0n) is 11.7. The highest BCUT2D eigenvalue weighted by molar-refractivity contribution is 5.40.